The zero-order chi connectivity index (χ0) is 26.6. The average Bonchev–Trinajstić information content (AvgIpc) is 2.97. The van der Waals surface area contributed by atoms with Gasteiger partial charge in [-0.25, -0.2) is 4.79 Å². The highest BCUT2D eigenvalue weighted by Crippen LogP contribution is 2.37. The van der Waals surface area contributed by atoms with Crippen molar-refractivity contribution in [3.05, 3.63) is 60.7 Å². The van der Waals surface area contributed by atoms with Gasteiger partial charge in [0.05, 0.1) is 31.2 Å². The van der Waals surface area contributed by atoms with Gasteiger partial charge in [0, 0.05) is 6.42 Å². The fourth-order valence-corrected chi connectivity index (χ4v) is 9.57. The molecule has 1 amide bonds. The predicted molar refractivity (Wildman–Crippen MR) is 144 cm³/mol. The molecule has 2 aromatic rings. The maximum atomic E-state index is 13.2. The molecule has 0 bridgehead atoms. The van der Waals surface area contributed by atoms with E-state index < -0.39 is 32.0 Å². The van der Waals surface area contributed by atoms with Gasteiger partial charge in [-0.15, -0.1) is 0 Å². The summed E-state index contributed by atoms with van der Waals surface area (Å²) in [7, 11) is -2.86. The van der Waals surface area contributed by atoms with Crippen LogP contribution in [-0.2, 0) is 14.0 Å². The van der Waals surface area contributed by atoms with Gasteiger partial charge >= 0.3 is 6.09 Å². The highest BCUT2D eigenvalue weighted by atomic mass is 28.4. The zero-order valence-corrected chi connectivity index (χ0v) is 23.3. The number of hydrogen-bond acceptors (Lipinski definition) is 5. The van der Waals surface area contributed by atoms with Crippen LogP contribution in [0, 0.1) is 17.2 Å². The van der Waals surface area contributed by atoms with Crippen molar-refractivity contribution in [1.82, 2.24) is 4.90 Å². The number of carbonyl (C=O) groups is 2. The summed E-state index contributed by atoms with van der Waals surface area (Å²) in [4.78, 5) is 27.3. The van der Waals surface area contributed by atoms with Gasteiger partial charge in [0.2, 0.25) is 0 Å². The monoisotopic (exact) mass is 506 g/mol. The van der Waals surface area contributed by atoms with Crippen LogP contribution in [0.15, 0.2) is 60.7 Å². The Hall–Kier alpha value is -2.95. The summed E-state index contributed by atoms with van der Waals surface area (Å²) < 4.78 is 12.7. The van der Waals surface area contributed by atoms with E-state index in [9.17, 15) is 14.9 Å². The van der Waals surface area contributed by atoms with E-state index in [1.54, 1.807) is 20.8 Å². The average molecular weight is 507 g/mol. The Morgan fingerprint density at radius 2 is 1.53 bits per heavy atom. The molecule has 36 heavy (non-hydrogen) atoms. The van der Waals surface area contributed by atoms with Gasteiger partial charge in [-0.2, -0.15) is 5.26 Å². The molecule has 1 heterocycles. The van der Waals surface area contributed by atoms with Gasteiger partial charge in [0.25, 0.3) is 8.32 Å². The van der Waals surface area contributed by atoms with Crippen LogP contribution in [0.2, 0.25) is 5.04 Å². The molecule has 2 atom stereocenters. The molecule has 0 saturated carbocycles. The smallest absolute Gasteiger partial charge is 0.411 e. The first-order valence-corrected chi connectivity index (χ1v) is 14.4. The SMILES string of the molecule is CC(C)(C)OC(=O)N1CC(=O)CC(C#N)C[C@H]1CO[Si](c1ccccc1)(c1ccccc1)C(C)(C)C. The van der Waals surface area contributed by atoms with Crippen molar-refractivity contribution < 1.29 is 18.8 Å². The van der Waals surface area contributed by atoms with Crippen LogP contribution >= 0.6 is 0 Å². The van der Waals surface area contributed by atoms with Crippen molar-refractivity contribution in [3.8, 4) is 6.07 Å². The molecule has 0 spiro atoms. The third-order valence-electron chi connectivity index (χ3n) is 6.54. The first-order chi connectivity index (χ1) is 16.9. The van der Waals surface area contributed by atoms with Crippen LogP contribution < -0.4 is 10.4 Å². The fourth-order valence-electron chi connectivity index (χ4n) is 4.97. The maximum absolute atomic E-state index is 13.2. The molecule has 1 aliphatic rings. The molecule has 6 nitrogen and oxygen atoms in total. The van der Waals surface area contributed by atoms with Gasteiger partial charge in [0.1, 0.15) is 5.60 Å². The molecule has 0 aliphatic carbocycles. The second-order valence-corrected chi connectivity index (χ2v) is 15.8. The number of likely N-dealkylation sites (tertiary alicyclic amines) is 1. The van der Waals surface area contributed by atoms with Crippen molar-refractivity contribution in [2.75, 3.05) is 13.2 Å². The maximum Gasteiger partial charge on any atom is 0.411 e. The molecule has 192 valence electrons. The van der Waals surface area contributed by atoms with Crippen molar-refractivity contribution in [3.63, 3.8) is 0 Å². The number of amides is 1. The lowest BCUT2D eigenvalue weighted by Gasteiger charge is -2.44. The van der Waals surface area contributed by atoms with Crippen LogP contribution in [0.4, 0.5) is 4.79 Å². The standard InChI is InChI=1S/C29H38N2O4Si/c1-28(2,3)35-27(33)31-20-24(32)18-22(19-30)17-23(31)21-34-36(29(4,5)6,25-13-9-7-10-14-25)26-15-11-8-12-16-26/h7-16,22-23H,17-18,20-21H2,1-6H3/t22?,23-/m0/s1. The quantitative estimate of drug-likeness (QED) is 0.551. The first kappa shape index (κ1) is 27.6. The van der Waals surface area contributed by atoms with Crippen LogP contribution in [0.1, 0.15) is 54.4 Å². The van der Waals surface area contributed by atoms with Crippen molar-refractivity contribution in [2.24, 2.45) is 5.92 Å². The number of ether oxygens (including phenoxy) is 1. The summed E-state index contributed by atoms with van der Waals surface area (Å²) in [5.41, 5.74) is -0.704. The van der Waals surface area contributed by atoms with Gasteiger partial charge in [-0.05, 0) is 42.6 Å². The molecular weight excluding hydrogens is 468 g/mol. The highest BCUT2D eigenvalue weighted by Gasteiger charge is 2.51. The Labute approximate surface area is 216 Å². The largest absolute Gasteiger partial charge is 0.444 e. The lowest BCUT2D eigenvalue weighted by atomic mass is 9.98. The number of nitrogens with zero attached hydrogens (tertiary/aromatic N) is 2. The van der Waals surface area contributed by atoms with E-state index in [1.165, 1.54) is 4.90 Å². The van der Waals surface area contributed by atoms with Gasteiger partial charge in [-0.1, -0.05) is 81.4 Å². The summed E-state index contributed by atoms with van der Waals surface area (Å²) in [6.07, 6.45) is -0.0592. The Bertz CT molecular complexity index is 1040. The number of rotatable bonds is 5. The van der Waals surface area contributed by atoms with E-state index in [2.05, 4.69) is 51.1 Å². The lowest BCUT2D eigenvalue weighted by molar-refractivity contribution is -0.120. The second-order valence-electron chi connectivity index (χ2n) is 11.5. The Morgan fingerprint density at radius 3 is 1.97 bits per heavy atom. The van der Waals surface area contributed by atoms with Gasteiger partial charge in [0.15, 0.2) is 5.78 Å². The predicted octanol–water partition coefficient (Wildman–Crippen LogP) is 4.67. The van der Waals surface area contributed by atoms with E-state index in [-0.39, 0.29) is 30.4 Å². The number of carbonyl (C=O) groups excluding carboxylic acids is 2. The molecule has 1 saturated heterocycles. The molecule has 0 aromatic heterocycles. The first-order valence-electron chi connectivity index (χ1n) is 12.5. The Kier molecular flexibility index (Phi) is 8.43. The summed E-state index contributed by atoms with van der Waals surface area (Å²) in [6, 6.07) is 22.4. The van der Waals surface area contributed by atoms with Gasteiger partial charge < -0.3 is 9.16 Å². The van der Waals surface area contributed by atoms with E-state index >= 15 is 0 Å². The molecule has 3 rings (SSSR count). The zero-order valence-electron chi connectivity index (χ0n) is 22.3. The number of nitriles is 1. The molecule has 0 radical (unpaired) electrons. The second kappa shape index (κ2) is 11.0. The van der Waals surface area contributed by atoms with Crippen LogP contribution in [-0.4, -0.2) is 49.9 Å². The van der Waals surface area contributed by atoms with E-state index in [0.717, 1.165) is 10.4 Å². The normalized spacial score (nSPS) is 19.4. The van der Waals surface area contributed by atoms with Gasteiger partial charge in [-0.3, -0.25) is 9.69 Å². The molecule has 2 aromatic carbocycles. The molecule has 1 unspecified atom stereocenters. The number of ketones is 1. The molecule has 1 aliphatic heterocycles. The molecule has 1 fully saturated rings. The van der Waals surface area contributed by atoms with E-state index in [1.807, 2.05) is 36.4 Å². The molecular formula is C29H38N2O4Si. The van der Waals surface area contributed by atoms with E-state index in [4.69, 9.17) is 9.16 Å². The fraction of sp³-hybridized carbons (Fsp3) is 0.483. The van der Waals surface area contributed by atoms with Crippen molar-refractivity contribution in [1.29, 1.82) is 5.26 Å². The Morgan fingerprint density at radius 1 is 1.00 bits per heavy atom. The van der Waals surface area contributed by atoms with Crippen molar-refractivity contribution >= 4 is 30.6 Å². The summed E-state index contributed by atoms with van der Waals surface area (Å²) in [6.45, 7) is 12.1. The number of Topliss-reactive ketones (excluding diaryl/α,β-unsaturated/α-hetero) is 1. The van der Waals surface area contributed by atoms with Crippen LogP contribution in [0.3, 0.4) is 0 Å². The lowest BCUT2D eigenvalue weighted by Crippen LogP contribution is -2.67. The summed E-state index contributed by atoms with van der Waals surface area (Å²) in [5, 5.41) is 11.7. The minimum atomic E-state index is -2.86. The number of benzene rings is 2. The summed E-state index contributed by atoms with van der Waals surface area (Å²) in [5.74, 6) is -0.613. The van der Waals surface area contributed by atoms with Crippen LogP contribution in [0.25, 0.3) is 0 Å². The minimum Gasteiger partial charge on any atom is -0.444 e. The van der Waals surface area contributed by atoms with Crippen molar-refractivity contribution in [2.45, 2.75) is 71.1 Å². The topological polar surface area (TPSA) is 79.6 Å². The van der Waals surface area contributed by atoms with Crippen LogP contribution in [0.5, 0.6) is 0 Å². The highest BCUT2D eigenvalue weighted by molar-refractivity contribution is 6.99. The van der Waals surface area contributed by atoms with E-state index in [0.29, 0.717) is 6.42 Å². The molecule has 0 N–H and O–H groups in total. The number of hydrogen-bond donors (Lipinski definition) is 0. The summed E-state index contributed by atoms with van der Waals surface area (Å²) >= 11 is 0. The minimum absolute atomic E-state index is 0.0815. The third kappa shape index (κ3) is 6.24. The Balaban J connectivity index is 2.06. The third-order valence-corrected chi connectivity index (χ3v) is 11.5. The molecule has 7 heteroatoms.